The molecule has 0 spiro atoms. The van der Waals surface area contributed by atoms with Gasteiger partial charge in [0.15, 0.2) is 5.11 Å². The normalized spacial score (nSPS) is 10.0. The Balaban J connectivity index is 2.13. The smallest absolute Gasteiger partial charge is 0.166 e. The zero-order valence-corrected chi connectivity index (χ0v) is 12.4. The highest BCUT2D eigenvalue weighted by atomic mass is 32.1. The topological polar surface area (TPSA) is 42.5 Å². The summed E-state index contributed by atoms with van der Waals surface area (Å²) in [6, 6.07) is 8.07. The molecule has 1 rings (SSSR count). The molecule has 0 aliphatic rings. The molecule has 0 radical (unpaired) electrons. The Bertz CT molecular complexity index is 368. The molecule has 0 saturated carbocycles. The van der Waals surface area contributed by atoms with Crippen LogP contribution in [-0.4, -0.2) is 39.0 Å². The van der Waals surface area contributed by atoms with Crippen molar-refractivity contribution >= 4 is 17.3 Å². The maximum Gasteiger partial charge on any atom is 0.166 e. The molecule has 0 unspecified atom stereocenters. The average Bonchev–Trinajstić information content (AvgIpc) is 2.44. The van der Waals surface area contributed by atoms with Gasteiger partial charge in [-0.3, -0.25) is 0 Å². The van der Waals surface area contributed by atoms with Crippen LogP contribution < -0.4 is 15.4 Å². The zero-order chi connectivity index (χ0) is 13.9. The maximum atomic E-state index is 5.18. The number of hydrogen-bond donors (Lipinski definition) is 2. The van der Waals surface area contributed by atoms with Crippen LogP contribution in [0.4, 0.5) is 0 Å². The van der Waals surface area contributed by atoms with Crippen LogP contribution in [0, 0.1) is 0 Å². The molecule has 0 atom stereocenters. The first-order chi connectivity index (χ1) is 9.26. The van der Waals surface area contributed by atoms with Gasteiger partial charge in [-0.1, -0.05) is 12.1 Å². The molecule has 2 N–H and O–H groups in total. The second-order valence-corrected chi connectivity index (χ2v) is 4.54. The second-order valence-electron chi connectivity index (χ2n) is 4.13. The fraction of sp³-hybridized carbons (Fsp3) is 0.500. The minimum absolute atomic E-state index is 0.699. The van der Waals surface area contributed by atoms with Crippen molar-refractivity contribution in [3.8, 4) is 5.75 Å². The Morgan fingerprint density at radius 3 is 2.42 bits per heavy atom. The van der Waals surface area contributed by atoms with E-state index in [0.717, 1.165) is 38.3 Å². The van der Waals surface area contributed by atoms with Crippen LogP contribution in [-0.2, 0) is 11.2 Å². The molecule has 0 aliphatic heterocycles. The van der Waals surface area contributed by atoms with E-state index < -0.39 is 0 Å². The molecule has 0 amide bonds. The SMILES string of the molecule is COCCCNC(=S)NCCc1ccc(OC)cc1. The molecule has 5 heteroatoms. The lowest BCUT2D eigenvalue weighted by molar-refractivity contribution is 0.195. The Hall–Kier alpha value is -1.33. The highest BCUT2D eigenvalue weighted by Gasteiger charge is 1.97. The lowest BCUT2D eigenvalue weighted by Gasteiger charge is -2.10. The highest BCUT2D eigenvalue weighted by Crippen LogP contribution is 2.11. The predicted molar refractivity (Wildman–Crippen MR) is 81.8 cm³/mol. The second kappa shape index (κ2) is 9.58. The first kappa shape index (κ1) is 15.7. The third-order valence-electron chi connectivity index (χ3n) is 2.67. The molecule has 19 heavy (non-hydrogen) atoms. The largest absolute Gasteiger partial charge is 0.497 e. The summed E-state index contributed by atoms with van der Waals surface area (Å²) in [6.07, 6.45) is 1.89. The minimum atomic E-state index is 0.699. The van der Waals surface area contributed by atoms with Gasteiger partial charge in [0, 0.05) is 26.8 Å². The fourth-order valence-corrected chi connectivity index (χ4v) is 1.80. The number of thiocarbonyl (C=S) groups is 1. The number of ether oxygens (including phenoxy) is 2. The van der Waals surface area contributed by atoms with Gasteiger partial charge in [-0.05, 0) is 42.8 Å². The van der Waals surface area contributed by atoms with Crippen molar-refractivity contribution in [2.45, 2.75) is 12.8 Å². The van der Waals surface area contributed by atoms with E-state index in [1.165, 1.54) is 5.56 Å². The monoisotopic (exact) mass is 282 g/mol. The van der Waals surface area contributed by atoms with Crippen molar-refractivity contribution in [3.63, 3.8) is 0 Å². The lowest BCUT2D eigenvalue weighted by atomic mass is 10.1. The zero-order valence-electron chi connectivity index (χ0n) is 11.6. The molecule has 106 valence electrons. The van der Waals surface area contributed by atoms with Crippen LogP contribution in [0.2, 0.25) is 0 Å². The average molecular weight is 282 g/mol. The van der Waals surface area contributed by atoms with Crippen LogP contribution in [0.1, 0.15) is 12.0 Å². The quantitative estimate of drug-likeness (QED) is 0.561. The van der Waals surface area contributed by atoms with Gasteiger partial charge in [0.25, 0.3) is 0 Å². The summed E-state index contributed by atoms with van der Waals surface area (Å²) in [5, 5.41) is 7.03. The van der Waals surface area contributed by atoms with Crippen LogP contribution in [0.3, 0.4) is 0 Å². The summed E-state index contributed by atoms with van der Waals surface area (Å²) in [6.45, 7) is 2.41. The lowest BCUT2D eigenvalue weighted by Crippen LogP contribution is -2.37. The van der Waals surface area contributed by atoms with E-state index in [1.807, 2.05) is 12.1 Å². The fourth-order valence-electron chi connectivity index (χ4n) is 1.59. The van der Waals surface area contributed by atoms with Gasteiger partial charge in [-0.2, -0.15) is 0 Å². The molecule has 1 aromatic carbocycles. The number of nitrogens with one attached hydrogen (secondary N) is 2. The minimum Gasteiger partial charge on any atom is -0.497 e. The van der Waals surface area contributed by atoms with E-state index in [4.69, 9.17) is 21.7 Å². The summed E-state index contributed by atoms with van der Waals surface area (Å²) >= 11 is 5.18. The number of rotatable bonds is 8. The third-order valence-corrected chi connectivity index (χ3v) is 2.96. The number of methoxy groups -OCH3 is 2. The van der Waals surface area contributed by atoms with Crippen molar-refractivity contribution < 1.29 is 9.47 Å². The van der Waals surface area contributed by atoms with Gasteiger partial charge in [0.1, 0.15) is 5.75 Å². The molecule has 0 aliphatic carbocycles. The standard InChI is InChI=1S/C14H22N2O2S/c1-17-11-3-9-15-14(19)16-10-8-12-4-6-13(18-2)7-5-12/h4-7H,3,8-11H2,1-2H3,(H2,15,16,19). The molecule has 1 aromatic rings. The van der Waals surface area contributed by atoms with E-state index in [-0.39, 0.29) is 0 Å². The van der Waals surface area contributed by atoms with Crippen LogP contribution in [0.15, 0.2) is 24.3 Å². The summed E-state index contributed by atoms with van der Waals surface area (Å²) in [7, 11) is 3.37. The van der Waals surface area contributed by atoms with Crippen molar-refractivity contribution in [1.82, 2.24) is 10.6 Å². The molecule has 4 nitrogen and oxygen atoms in total. The number of hydrogen-bond acceptors (Lipinski definition) is 3. The molecular weight excluding hydrogens is 260 g/mol. The molecule has 0 bridgehead atoms. The summed E-state index contributed by atoms with van der Waals surface area (Å²) in [4.78, 5) is 0. The van der Waals surface area contributed by atoms with Crippen LogP contribution >= 0.6 is 12.2 Å². The van der Waals surface area contributed by atoms with Gasteiger partial charge in [-0.25, -0.2) is 0 Å². The Kier molecular flexibility index (Phi) is 7.93. The van der Waals surface area contributed by atoms with Crippen molar-refractivity contribution in [3.05, 3.63) is 29.8 Å². The third kappa shape index (κ3) is 6.98. The maximum absolute atomic E-state index is 5.18. The summed E-state index contributed by atoms with van der Waals surface area (Å²) in [5.41, 5.74) is 1.26. The summed E-state index contributed by atoms with van der Waals surface area (Å²) < 4.78 is 10.1. The number of benzene rings is 1. The first-order valence-corrected chi connectivity index (χ1v) is 6.80. The van der Waals surface area contributed by atoms with Crippen molar-refractivity contribution in [2.24, 2.45) is 0 Å². The highest BCUT2D eigenvalue weighted by molar-refractivity contribution is 7.80. The van der Waals surface area contributed by atoms with Gasteiger partial charge in [-0.15, -0.1) is 0 Å². The van der Waals surface area contributed by atoms with Crippen molar-refractivity contribution in [1.29, 1.82) is 0 Å². The van der Waals surface area contributed by atoms with Gasteiger partial charge >= 0.3 is 0 Å². The van der Waals surface area contributed by atoms with Gasteiger partial charge in [0.05, 0.1) is 7.11 Å². The Labute approximate surface area is 120 Å². The van der Waals surface area contributed by atoms with E-state index in [9.17, 15) is 0 Å². The predicted octanol–water partition coefficient (Wildman–Crippen LogP) is 1.74. The Morgan fingerprint density at radius 1 is 1.11 bits per heavy atom. The van der Waals surface area contributed by atoms with Crippen LogP contribution in [0.5, 0.6) is 5.75 Å². The van der Waals surface area contributed by atoms with E-state index in [0.29, 0.717) is 5.11 Å². The van der Waals surface area contributed by atoms with E-state index in [1.54, 1.807) is 14.2 Å². The molecule has 0 aromatic heterocycles. The van der Waals surface area contributed by atoms with Crippen molar-refractivity contribution in [2.75, 3.05) is 33.9 Å². The molecule has 0 heterocycles. The van der Waals surface area contributed by atoms with Gasteiger partial charge in [0.2, 0.25) is 0 Å². The Morgan fingerprint density at radius 2 is 1.79 bits per heavy atom. The van der Waals surface area contributed by atoms with E-state index >= 15 is 0 Å². The summed E-state index contributed by atoms with van der Waals surface area (Å²) in [5.74, 6) is 0.882. The van der Waals surface area contributed by atoms with Crippen LogP contribution in [0.25, 0.3) is 0 Å². The van der Waals surface area contributed by atoms with E-state index in [2.05, 4.69) is 22.8 Å². The first-order valence-electron chi connectivity index (χ1n) is 6.40. The molecule has 0 fully saturated rings. The van der Waals surface area contributed by atoms with Gasteiger partial charge < -0.3 is 20.1 Å². The molecule has 0 saturated heterocycles. The molecular formula is C14H22N2O2S.